The molecule has 0 bridgehead atoms. The van der Waals surface area contributed by atoms with E-state index in [1.165, 1.54) is 23.5 Å². The maximum absolute atomic E-state index is 12.5. The number of benzene rings is 1. The summed E-state index contributed by atoms with van der Waals surface area (Å²) >= 11 is 1.36. The van der Waals surface area contributed by atoms with E-state index >= 15 is 0 Å². The van der Waals surface area contributed by atoms with Crippen LogP contribution in [0.4, 0.5) is 5.69 Å². The number of nitro benzene ring substituents is 1. The van der Waals surface area contributed by atoms with Crippen molar-refractivity contribution in [3.8, 4) is 0 Å². The topological polar surface area (TPSA) is 85.1 Å². The standard InChI is InChI=1S/C12H13N3O3S2/c16-15(17)8-3-4-11-10(6-8)14-12(19-11)20(18)9-2-1-5-13-7-9/h3-4,6,9,13H,1-2,5,7H2. The molecular formula is C12H13N3O3S2. The normalized spacial score (nSPS) is 20.9. The molecule has 20 heavy (non-hydrogen) atoms. The lowest BCUT2D eigenvalue weighted by Gasteiger charge is -2.20. The number of hydrogen-bond acceptors (Lipinski definition) is 6. The van der Waals surface area contributed by atoms with Crippen molar-refractivity contribution in [1.29, 1.82) is 0 Å². The molecule has 8 heteroatoms. The Morgan fingerprint density at radius 3 is 3.05 bits per heavy atom. The molecule has 1 aliphatic heterocycles. The van der Waals surface area contributed by atoms with Gasteiger partial charge >= 0.3 is 0 Å². The molecular weight excluding hydrogens is 298 g/mol. The fraction of sp³-hybridized carbons (Fsp3) is 0.417. The maximum atomic E-state index is 12.5. The van der Waals surface area contributed by atoms with Crippen molar-refractivity contribution in [2.75, 3.05) is 13.1 Å². The molecule has 1 aromatic heterocycles. The average molecular weight is 311 g/mol. The van der Waals surface area contributed by atoms with Crippen LogP contribution < -0.4 is 5.32 Å². The number of rotatable bonds is 3. The van der Waals surface area contributed by atoms with Gasteiger partial charge in [0.1, 0.15) is 0 Å². The Labute approximate surface area is 121 Å². The third-order valence-electron chi connectivity index (χ3n) is 3.29. The van der Waals surface area contributed by atoms with E-state index in [-0.39, 0.29) is 10.9 Å². The number of nitro groups is 1. The van der Waals surface area contributed by atoms with Crippen molar-refractivity contribution in [3.63, 3.8) is 0 Å². The second kappa shape index (κ2) is 5.55. The molecule has 1 aliphatic rings. The van der Waals surface area contributed by atoms with E-state index in [1.807, 2.05) is 0 Å². The van der Waals surface area contributed by atoms with Crippen molar-refractivity contribution in [1.82, 2.24) is 10.3 Å². The van der Waals surface area contributed by atoms with E-state index in [0.717, 1.165) is 30.6 Å². The number of non-ortho nitro benzene ring substituents is 1. The minimum atomic E-state index is -1.14. The Bertz CT molecular complexity index is 680. The molecule has 1 saturated heterocycles. The summed E-state index contributed by atoms with van der Waals surface area (Å²) in [6.07, 6.45) is 1.95. The minimum Gasteiger partial charge on any atom is -0.316 e. The molecule has 106 valence electrons. The van der Waals surface area contributed by atoms with Gasteiger partial charge in [0.15, 0.2) is 4.34 Å². The van der Waals surface area contributed by atoms with Crippen LogP contribution in [-0.2, 0) is 10.8 Å². The van der Waals surface area contributed by atoms with E-state index in [2.05, 4.69) is 10.3 Å². The summed E-state index contributed by atoms with van der Waals surface area (Å²) < 4.78 is 13.9. The van der Waals surface area contributed by atoms with Crippen LogP contribution >= 0.6 is 11.3 Å². The summed E-state index contributed by atoms with van der Waals surface area (Å²) in [7, 11) is -1.14. The average Bonchev–Trinajstić information content (AvgIpc) is 2.90. The number of nitrogens with one attached hydrogen (secondary N) is 1. The van der Waals surface area contributed by atoms with Crippen molar-refractivity contribution in [2.45, 2.75) is 22.4 Å². The van der Waals surface area contributed by atoms with Gasteiger partial charge in [0.25, 0.3) is 5.69 Å². The zero-order valence-electron chi connectivity index (χ0n) is 10.6. The van der Waals surface area contributed by atoms with Gasteiger partial charge in [0.2, 0.25) is 0 Å². The van der Waals surface area contributed by atoms with Gasteiger partial charge in [0.05, 0.1) is 31.2 Å². The molecule has 2 heterocycles. The van der Waals surface area contributed by atoms with Crippen molar-refractivity contribution in [2.24, 2.45) is 0 Å². The predicted octanol–water partition coefficient (Wildman–Crippen LogP) is 2.06. The van der Waals surface area contributed by atoms with E-state index < -0.39 is 15.7 Å². The zero-order valence-corrected chi connectivity index (χ0v) is 12.2. The van der Waals surface area contributed by atoms with Gasteiger partial charge in [0, 0.05) is 18.7 Å². The highest BCUT2D eigenvalue weighted by Crippen LogP contribution is 2.29. The monoisotopic (exact) mass is 311 g/mol. The van der Waals surface area contributed by atoms with Crippen molar-refractivity contribution >= 4 is 38.0 Å². The highest BCUT2D eigenvalue weighted by atomic mass is 32.2. The van der Waals surface area contributed by atoms with Crippen LogP contribution in [0.5, 0.6) is 0 Å². The Balaban J connectivity index is 1.92. The highest BCUT2D eigenvalue weighted by Gasteiger charge is 2.24. The molecule has 0 spiro atoms. The quantitative estimate of drug-likeness (QED) is 0.693. The Hall–Kier alpha value is -1.38. The first-order valence-corrected chi connectivity index (χ1v) is 8.34. The molecule has 2 atom stereocenters. The smallest absolute Gasteiger partial charge is 0.271 e. The molecule has 1 aromatic carbocycles. The van der Waals surface area contributed by atoms with Gasteiger partial charge in [-0.25, -0.2) is 4.98 Å². The van der Waals surface area contributed by atoms with Crippen LogP contribution in [0.15, 0.2) is 22.5 Å². The molecule has 3 rings (SSSR count). The Morgan fingerprint density at radius 1 is 1.50 bits per heavy atom. The van der Waals surface area contributed by atoms with Crippen LogP contribution in [0.3, 0.4) is 0 Å². The van der Waals surface area contributed by atoms with Gasteiger partial charge in [-0.15, -0.1) is 11.3 Å². The van der Waals surface area contributed by atoms with E-state index in [1.54, 1.807) is 6.07 Å². The van der Waals surface area contributed by atoms with Crippen LogP contribution in [0.1, 0.15) is 12.8 Å². The number of aromatic nitrogens is 1. The first-order valence-electron chi connectivity index (χ1n) is 6.31. The van der Waals surface area contributed by atoms with E-state index in [9.17, 15) is 14.3 Å². The largest absolute Gasteiger partial charge is 0.316 e. The van der Waals surface area contributed by atoms with Gasteiger partial charge in [-0.05, 0) is 25.5 Å². The summed E-state index contributed by atoms with van der Waals surface area (Å²) in [5.41, 5.74) is 0.566. The first-order chi connectivity index (χ1) is 9.65. The summed E-state index contributed by atoms with van der Waals surface area (Å²) in [4.78, 5) is 14.6. The Kier molecular flexibility index (Phi) is 3.77. The number of piperidine rings is 1. The van der Waals surface area contributed by atoms with Crippen molar-refractivity contribution < 1.29 is 9.13 Å². The molecule has 0 radical (unpaired) electrons. The minimum absolute atomic E-state index is 0.0134. The van der Waals surface area contributed by atoms with Gasteiger partial charge in [-0.1, -0.05) is 0 Å². The number of fused-ring (bicyclic) bond motifs is 1. The summed E-state index contributed by atoms with van der Waals surface area (Å²) in [5, 5.41) is 14.1. The second-order valence-electron chi connectivity index (χ2n) is 4.65. The second-order valence-corrected chi connectivity index (χ2v) is 7.59. The SMILES string of the molecule is O=[N+]([O-])c1ccc2sc(S(=O)C3CCCNC3)nc2c1. The lowest BCUT2D eigenvalue weighted by molar-refractivity contribution is -0.384. The Morgan fingerprint density at radius 2 is 2.35 bits per heavy atom. The number of thiazole rings is 1. The highest BCUT2D eigenvalue weighted by molar-refractivity contribution is 7.88. The zero-order chi connectivity index (χ0) is 14.1. The molecule has 1 fully saturated rings. The summed E-state index contributed by atoms with van der Waals surface area (Å²) in [6, 6.07) is 4.56. The third kappa shape index (κ3) is 2.58. The molecule has 0 amide bonds. The molecule has 0 aliphatic carbocycles. The van der Waals surface area contributed by atoms with Crippen LogP contribution in [0, 0.1) is 10.1 Å². The van der Waals surface area contributed by atoms with Crippen molar-refractivity contribution in [3.05, 3.63) is 28.3 Å². The summed E-state index contributed by atoms with van der Waals surface area (Å²) in [6.45, 7) is 1.71. The van der Waals surface area contributed by atoms with Crippen LogP contribution in [-0.4, -0.2) is 32.5 Å². The first kappa shape index (κ1) is 13.6. The molecule has 2 aromatic rings. The molecule has 6 nitrogen and oxygen atoms in total. The molecule has 0 saturated carbocycles. The molecule has 1 N–H and O–H groups in total. The third-order valence-corrected chi connectivity index (χ3v) is 6.31. The number of hydrogen-bond donors (Lipinski definition) is 1. The van der Waals surface area contributed by atoms with Gasteiger partial charge < -0.3 is 5.32 Å². The van der Waals surface area contributed by atoms with Crippen LogP contribution in [0.25, 0.3) is 10.2 Å². The predicted molar refractivity (Wildman–Crippen MR) is 78.6 cm³/mol. The lowest BCUT2D eigenvalue weighted by Crippen LogP contribution is -2.36. The van der Waals surface area contributed by atoms with Gasteiger partial charge in [-0.3, -0.25) is 14.3 Å². The van der Waals surface area contributed by atoms with Crippen LogP contribution in [0.2, 0.25) is 0 Å². The maximum Gasteiger partial charge on any atom is 0.271 e. The van der Waals surface area contributed by atoms with E-state index in [4.69, 9.17) is 0 Å². The summed E-state index contributed by atoms with van der Waals surface area (Å²) in [5.74, 6) is 0. The fourth-order valence-corrected chi connectivity index (χ4v) is 5.05. The lowest BCUT2D eigenvalue weighted by atomic mass is 10.2. The fourth-order valence-electron chi connectivity index (χ4n) is 2.24. The van der Waals surface area contributed by atoms with E-state index in [0.29, 0.717) is 9.86 Å². The number of nitrogens with zero attached hydrogens (tertiary/aromatic N) is 2. The molecule has 2 unspecified atom stereocenters. The van der Waals surface area contributed by atoms with Gasteiger partial charge in [-0.2, -0.15) is 0 Å².